The standard InChI is InChI=1S/C24H32N2O3S/c1-5-22(20-11-9-17(2)19(4)15-20)25-24(27)21-12-10-18(3)23(16-21)30(28,29)26-13-7-6-8-14-26/h9-12,15-16,22H,5-8,13-14H2,1-4H3,(H,25,27). The fourth-order valence-electron chi connectivity index (χ4n) is 3.91. The molecule has 2 aromatic rings. The van der Waals surface area contributed by atoms with Gasteiger partial charge in [-0.1, -0.05) is 37.6 Å². The van der Waals surface area contributed by atoms with Crippen molar-refractivity contribution in [2.24, 2.45) is 0 Å². The van der Waals surface area contributed by atoms with Gasteiger partial charge in [-0.3, -0.25) is 4.79 Å². The summed E-state index contributed by atoms with van der Waals surface area (Å²) in [5.41, 5.74) is 4.50. The Balaban J connectivity index is 1.85. The van der Waals surface area contributed by atoms with Crippen LogP contribution in [0.25, 0.3) is 0 Å². The Morgan fingerprint density at radius 1 is 0.967 bits per heavy atom. The third kappa shape index (κ3) is 4.76. The normalized spacial score (nSPS) is 16.3. The number of carbonyl (C=O) groups excluding carboxylic acids is 1. The average molecular weight is 429 g/mol. The van der Waals surface area contributed by atoms with Crippen LogP contribution in [0.3, 0.4) is 0 Å². The van der Waals surface area contributed by atoms with Crippen LogP contribution in [0.5, 0.6) is 0 Å². The maximum atomic E-state index is 13.1. The van der Waals surface area contributed by atoms with Crippen LogP contribution < -0.4 is 5.32 Å². The Morgan fingerprint density at radius 3 is 2.27 bits per heavy atom. The monoisotopic (exact) mass is 428 g/mol. The summed E-state index contributed by atoms with van der Waals surface area (Å²) in [6, 6.07) is 11.0. The van der Waals surface area contributed by atoms with Gasteiger partial charge in [0.2, 0.25) is 10.0 Å². The number of hydrogen-bond acceptors (Lipinski definition) is 3. The summed E-state index contributed by atoms with van der Waals surface area (Å²) in [5.74, 6) is -0.254. The van der Waals surface area contributed by atoms with Gasteiger partial charge >= 0.3 is 0 Å². The van der Waals surface area contributed by atoms with Crippen molar-refractivity contribution in [3.63, 3.8) is 0 Å². The minimum absolute atomic E-state index is 0.125. The lowest BCUT2D eigenvalue weighted by Gasteiger charge is -2.26. The first kappa shape index (κ1) is 22.5. The summed E-state index contributed by atoms with van der Waals surface area (Å²) in [4.78, 5) is 13.2. The molecule has 5 nitrogen and oxygen atoms in total. The molecule has 1 aliphatic rings. The lowest BCUT2D eigenvalue weighted by molar-refractivity contribution is 0.0935. The topological polar surface area (TPSA) is 66.5 Å². The molecular formula is C24H32N2O3S. The van der Waals surface area contributed by atoms with Crippen molar-refractivity contribution in [2.75, 3.05) is 13.1 Å². The van der Waals surface area contributed by atoms with Crippen molar-refractivity contribution in [3.8, 4) is 0 Å². The van der Waals surface area contributed by atoms with Crippen LogP contribution in [0.1, 0.15) is 71.3 Å². The first-order valence-electron chi connectivity index (χ1n) is 10.7. The molecule has 0 aliphatic carbocycles. The molecule has 6 heteroatoms. The van der Waals surface area contributed by atoms with Gasteiger partial charge in [0.1, 0.15) is 0 Å². The molecule has 1 fully saturated rings. The second kappa shape index (κ2) is 9.31. The van der Waals surface area contributed by atoms with Crippen LogP contribution in [0.2, 0.25) is 0 Å². The van der Waals surface area contributed by atoms with E-state index in [0.717, 1.165) is 31.2 Å². The summed E-state index contributed by atoms with van der Waals surface area (Å²) in [6.07, 6.45) is 3.57. The van der Waals surface area contributed by atoms with Gasteiger partial charge in [-0.25, -0.2) is 8.42 Å². The number of carbonyl (C=O) groups is 1. The lowest BCUT2D eigenvalue weighted by Crippen LogP contribution is -2.36. The van der Waals surface area contributed by atoms with E-state index >= 15 is 0 Å². The molecule has 0 saturated carbocycles. The number of rotatable bonds is 6. The van der Waals surface area contributed by atoms with Crippen molar-refractivity contribution in [2.45, 2.75) is 64.3 Å². The number of nitrogens with zero attached hydrogens (tertiary/aromatic N) is 1. The van der Waals surface area contributed by atoms with E-state index in [2.05, 4.69) is 31.3 Å². The van der Waals surface area contributed by atoms with Crippen LogP contribution in [-0.2, 0) is 10.0 Å². The van der Waals surface area contributed by atoms with Gasteiger partial charge in [-0.2, -0.15) is 4.31 Å². The van der Waals surface area contributed by atoms with Crippen LogP contribution in [0.15, 0.2) is 41.3 Å². The number of piperidine rings is 1. The SMILES string of the molecule is CCC(NC(=O)c1ccc(C)c(S(=O)(=O)N2CCCCC2)c1)c1ccc(C)c(C)c1. The molecule has 3 rings (SSSR count). The van der Waals surface area contributed by atoms with Gasteiger partial charge < -0.3 is 5.32 Å². The zero-order valence-electron chi connectivity index (χ0n) is 18.4. The highest BCUT2D eigenvalue weighted by molar-refractivity contribution is 7.89. The summed E-state index contributed by atoms with van der Waals surface area (Å²) in [6.45, 7) is 9.02. The summed E-state index contributed by atoms with van der Waals surface area (Å²) >= 11 is 0. The van der Waals surface area contributed by atoms with E-state index in [-0.39, 0.29) is 16.8 Å². The summed E-state index contributed by atoms with van der Waals surface area (Å²) < 4.78 is 27.8. The fourth-order valence-corrected chi connectivity index (χ4v) is 5.68. The molecule has 1 N–H and O–H groups in total. The van der Waals surface area contributed by atoms with Crippen LogP contribution in [0, 0.1) is 20.8 Å². The van der Waals surface area contributed by atoms with E-state index in [4.69, 9.17) is 0 Å². The number of amides is 1. The van der Waals surface area contributed by atoms with Crippen molar-refractivity contribution in [1.29, 1.82) is 0 Å². The predicted octanol–water partition coefficient (Wildman–Crippen LogP) is 4.67. The second-order valence-corrected chi connectivity index (χ2v) is 10.1. The van der Waals surface area contributed by atoms with E-state index in [9.17, 15) is 13.2 Å². The Morgan fingerprint density at radius 2 is 1.63 bits per heavy atom. The van der Waals surface area contributed by atoms with E-state index < -0.39 is 10.0 Å². The Hall–Kier alpha value is -2.18. The molecule has 1 unspecified atom stereocenters. The molecule has 1 atom stereocenters. The van der Waals surface area contributed by atoms with Gasteiger partial charge in [0, 0.05) is 18.7 Å². The quantitative estimate of drug-likeness (QED) is 0.727. The highest BCUT2D eigenvalue weighted by atomic mass is 32.2. The third-order valence-electron chi connectivity index (χ3n) is 6.03. The van der Waals surface area contributed by atoms with Crippen molar-refractivity contribution in [1.82, 2.24) is 9.62 Å². The Labute approximate surface area is 180 Å². The van der Waals surface area contributed by atoms with Gasteiger partial charge in [0.15, 0.2) is 0 Å². The van der Waals surface area contributed by atoms with E-state index in [0.29, 0.717) is 24.2 Å². The van der Waals surface area contributed by atoms with Crippen molar-refractivity contribution < 1.29 is 13.2 Å². The molecule has 0 bridgehead atoms. The largest absolute Gasteiger partial charge is 0.345 e. The third-order valence-corrected chi connectivity index (χ3v) is 8.07. The number of hydrogen-bond donors (Lipinski definition) is 1. The summed E-state index contributed by atoms with van der Waals surface area (Å²) in [7, 11) is -3.59. The molecule has 0 spiro atoms. The maximum Gasteiger partial charge on any atom is 0.251 e. The number of nitrogens with one attached hydrogen (secondary N) is 1. The summed E-state index contributed by atoms with van der Waals surface area (Å²) in [5, 5.41) is 3.08. The van der Waals surface area contributed by atoms with Gasteiger partial charge in [0.25, 0.3) is 5.91 Å². The highest BCUT2D eigenvalue weighted by Crippen LogP contribution is 2.25. The molecule has 162 valence electrons. The van der Waals surface area contributed by atoms with Crippen molar-refractivity contribution >= 4 is 15.9 Å². The first-order chi connectivity index (χ1) is 14.2. The van der Waals surface area contributed by atoms with E-state index in [1.807, 2.05) is 13.0 Å². The molecule has 1 amide bonds. The maximum absolute atomic E-state index is 13.1. The predicted molar refractivity (Wildman–Crippen MR) is 120 cm³/mol. The zero-order chi connectivity index (χ0) is 21.9. The minimum atomic E-state index is -3.59. The Bertz CT molecular complexity index is 1020. The minimum Gasteiger partial charge on any atom is -0.345 e. The molecule has 0 radical (unpaired) electrons. The number of aryl methyl sites for hydroxylation is 3. The lowest BCUT2D eigenvalue weighted by atomic mass is 9.99. The van der Waals surface area contributed by atoms with E-state index in [1.54, 1.807) is 23.4 Å². The molecule has 1 saturated heterocycles. The smallest absolute Gasteiger partial charge is 0.251 e. The molecule has 2 aromatic carbocycles. The van der Waals surface area contributed by atoms with Crippen molar-refractivity contribution in [3.05, 3.63) is 64.2 Å². The van der Waals surface area contributed by atoms with Crippen LogP contribution in [0.4, 0.5) is 0 Å². The molecule has 1 aliphatic heterocycles. The van der Waals surface area contributed by atoms with E-state index in [1.165, 1.54) is 17.2 Å². The molecule has 0 aromatic heterocycles. The van der Waals surface area contributed by atoms with Gasteiger partial charge in [0.05, 0.1) is 10.9 Å². The molecule has 30 heavy (non-hydrogen) atoms. The Kier molecular flexibility index (Phi) is 6.98. The number of benzene rings is 2. The molecular weight excluding hydrogens is 396 g/mol. The second-order valence-electron chi connectivity index (χ2n) is 8.22. The first-order valence-corrected chi connectivity index (χ1v) is 12.2. The number of sulfonamides is 1. The highest BCUT2D eigenvalue weighted by Gasteiger charge is 2.28. The molecule has 1 heterocycles. The van der Waals surface area contributed by atoms with Gasteiger partial charge in [-0.15, -0.1) is 0 Å². The van der Waals surface area contributed by atoms with Crippen LogP contribution >= 0.6 is 0 Å². The van der Waals surface area contributed by atoms with Gasteiger partial charge in [-0.05, 0) is 74.4 Å². The zero-order valence-corrected chi connectivity index (χ0v) is 19.2. The average Bonchev–Trinajstić information content (AvgIpc) is 2.74. The fraction of sp³-hybridized carbons (Fsp3) is 0.458. The van der Waals surface area contributed by atoms with Crippen LogP contribution in [-0.4, -0.2) is 31.7 Å².